The van der Waals surface area contributed by atoms with Gasteiger partial charge in [-0.2, -0.15) is 0 Å². The average Bonchev–Trinajstić information content (AvgIpc) is 2.55. The molecule has 2 rings (SSSR count). The van der Waals surface area contributed by atoms with Crippen molar-refractivity contribution in [2.24, 2.45) is 0 Å². The van der Waals surface area contributed by atoms with E-state index in [4.69, 9.17) is 9.47 Å². The van der Waals surface area contributed by atoms with Gasteiger partial charge in [-0.05, 0) is 46.1 Å². The first-order chi connectivity index (χ1) is 12.2. The largest absolute Gasteiger partial charge is 0.485 e. The lowest BCUT2D eigenvalue weighted by atomic mass is 10.1. The topological polar surface area (TPSA) is 55.8 Å². The molecule has 0 aliphatic carbocycles. The SMILES string of the molecule is CC(C)N(CC(=O)COc1cccc2ccccc12)C(=O)OC(C)(C)C. The monoisotopic (exact) mass is 357 g/mol. The Balaban J connectivity index is 2.01. The van der Waals surface area contributed by atoms with Crippen LogP contribution in [0.15, 0.2) is 42.5 Å². The lowest BCUT2D eigenvalue weighted by Crippen LogP contribution is -2.44. The Morgan fingerprint density at radius 3 is 2.35 bits per heavy atom. The lowest BCUT2D eigenvalue weighted by Gasteiger charge is -2.29. The number of hydrogen-bond donors (Lipinski definition) is 0. The van der Waals surface area contributed by atoms with Crippen molar-refractivity contribution in [3.8, 4) is 5.75 Å². The molecule has 0 bridgehead atoms. The highest BCUT2D eigenvalue weighted by atomic mass is 16.6. The molecule has 2 aromatic rings. The third kappa shape index (κ3) is 5.48. The Morgan fingerprint density at radius 1 is 1.04 bits per heavy atom. The van der Waals surface area contributed by atoms with Crippen LogP contribution in [0.25, 0.3) is 10.8 Å². The van der Waals surface area contributed by atoms with Gasteiger partial charge in [0, 0.05) is 11.4 Å². The van der Waals surface area contributed by atoms with Gasteiger partial charge in [-0.15, -0.1) is 0 Å². The second-order valence-electron chi connectivity index (χ2n) is 7.51. The van der Waals surface area contributed by atoms with E-state index in [2.05, 4.69) is 0 Å². The van der Waals surface area contributed by atoms with Crippen molar-refractivity contribution in [3.63, 3.8) is 0 Å². The lowest BCUT2D eigenvalue weighted by molar-refractivity contribution is -0.122. The molecule has 5 nitrogen and oxygen atoms in total. The number of nitrogens with zero attached hydrogens (tertiary/aromatic N) is 1. The fraction of sp³-hybridized carbons (Fsp3) is 0.429. The Morgan fingerprint density at radius 2 is 1.69 bits per heavy atom. The van der Waals surface area contributed by atoms with Crippen molar-refractivity contribution in [1.82, 2.24) is 4.90 Å². The molecule has 0 fully saturated rings. The summed E-state index contributed by atoms with van der Waals surface area (Å²) in [5.74, 6) is 0.474. The van der Waals surface area contributed by atoms with Crippen LogP contribution in [0.2, 0.25) is 0 Å². The minimum Gasteiger partial charge on any atom is -0.485 e. The molecule has 0 spiro atoms. The normalized spacial score (nSPS) is 11.5. The molecule has 0 aliphatic heterocycles. The van der Waals surface area contributed by atoms with Gasteiger partial charge in [-0.1, -0.05) is 36.4 Å². The predicted molar refractivity (Wildman–Crippen MR) is 103 cm³/mol. The first-order valence-corrected chi connectivity index (χ1v) is 8.79. The molecule has 5 heteroatoms. The Labute approximate surface area is 154 Å². The maximum Gasteiger partial charge on any atom is 0.410 e. The van der Waals surface area contributed by atoms with E-state index in [0.717, 1.165) is 10.8 Å². The van der Waals surface area contributed by atoms with Crippen LogP contribution in [0.4, 0.5) is 4.79 Å². The molecule has 0 heterocycles. The van der Waals surface area contributed by atoms with Crippen molar-refractivity contribution in [1.29, 1.82) is 0 Å². The van der Waals surface area contributed by atoms with E-state index >= 15 is 0 Å². The summed E-state index contributed by atoms with van der Waals surface area (Å²) >= 11 is 0. The van der Waals surface area contributed by atoms with Crippen LogP contribution in [0.3, 0.4) is 0 Å². The van der Waals surface area contributed by atoms with E-state index < -0.39 is 11.7 Å². The van der Waals surface area contributed by atoms with Crippen LogP contribution in [0.5, 0.6) is 5.75 Å². The van der Waals surface area contributed by atoms with Crippen molar-refractivity contribution < 1.29 is 19.1 Å². The molecule has 0 aromatic heterocycles. The molecule has 0 atom stereocenters. The maximum atomic E-state index is 12.4. The van der Waals surface area contributed by atoms with Gasteiger partial charge in [0.1, 0.15) is 18.0 Å². The zero-order valence-electron chi connectivity index (χ0n) is 16.1. The molecule has 0 aliphatic rings. The first-order valence-electron chi connectivity index (χ1n) is 8.79. The van der Waals surface area contributed by atoms with Crippen LogP contribution in [0, 0.1) is 0 Å². The number of ketones is 1. The summed E-state index contributed by atoms with van der Waals surface area (Å²) in [6.45, 7) is 8.96. The van der Waals surface area contributed by atoms with Crippen molar-refractivity contribution >= 4 is 22.6 Å². The second kappa shape index (κ2) is 8.21. The highest BCUT2D eigenvalue weighted by molar-refractivity contribution is 5.89. The zero-order chi connectivity index (χ0) is 19.3. The molecule has 0 unspecified atom stereocenters. The second-order valence-corrected chi connectivity index (χ2v) is 7.51. The van der Waals surface area contributed by atoms with Crippen LogP contribution < -0.4 is 4.74 Å². The minimum atomic E-state index is -0.604. The molecule has 2 aromatic carbocycles. The molecule has 0 radical (unpaired) electrons. The van der Waals surface area contributed by atoms with Crippen LogP contribution >= 0.6 is 0 Å². The first kappa shape index (κ1) is 19.8. The third-order valence-electron chi connectivity index (χ3n) is 3.74. The molecule has 0 saturated carbocycles. The quantitative estimate of drug-likeness (QED) is 0.767. The molecular weight excluding hydrogens is 330 g/mol. The van der Waals surface area contributed by atoms with E-state index in [1.165, 1.54) is 4.90 Å². The van der Waals surface area contributed by atoms with Gasteiger partial charge in [0.25, 0.3) is 0 Å². The summed E-state index contributed by atoms with van der Waals surface area (Å²) in [7, 11) is 0. The highest BCUT2D eigenvalue weighted by Gasteiger charge is 2.26. The van der Waals surface area contributed by atoms with Crippen molar-refractivity contribution in [3.05, 3.63) is 42.5 Å². The van der Waals surface area contributed by atoms with Crippen LogP contribution in [-0.2, 0) is 9.53 Å². The molecular formula is C21H27NO4. The van der Waals surface area contributed by atoms with E-state index in [9.17, 15) is 9.59 Å². The maximum absolute atomic E-state index is 12.4. The van der Waals surface area contributed by atoms with Crippen LogP contribution in [0.1, 0.15) is 34.6 Å². The summed E-state index contributed by atoms with van der Waals surface area (Å²) in [6.07, 6.45) is -0.494. The number of hydrogen-bond acceptors (Lipinski definition) is 4. The molecule has 26 heavy (non-hydrogen) atoms. The Kier molecular flexibility index (Phi) is 6.24. The Bertz CT molecular complexity index is 772. The summed E-state index contributed by atoms with van der Waals surface area (Å²) in [4.78, 5) is 26.1. The number of Topliss-reactive ketones (excluding diaryl/α,β-unsaturated/α-hetero) is 1. The number of amides is 1. The van der Waals surface area contributed by atoms with Gasteiger partial charge in [0.2, 0.25) is 0 Å². The predicted octanol–water partition coefficient (Wildman–Crippen LogP) is 4.43. The standard InChI is InChI=1S/C21H27NO4/c1-15(2)22(20(24)26-21(3,4)5)13-17(23)14-25-19-12-8-10-16-9-6-7-11-18(16)19/h6-12,15H,13-14H2,1-5H3. The third-order valence-corrected chi connectivity index (χ3v) is 3.74. The smallest absolute Gasteiger partial charge is 0.410 e. The number of ether oxygens (including phenoxy) is 2. The van der Waals surface area contributed by atoms with E-state index in [0.29, 0.717) is 5.75 Å². The van der Waals surface area contributed by atoms with Gasteiger partial charge in [-0.3, -0.25) is 9.69 Å². The van der Waals surface area contributed by atoms with E-state index in [1.807, 2.05) is 56.3 Å². The summed E-state index contributed by atoms with van der Waals surface area (Å²) in [6, 6.07) is 13.4. The molecule has 1 amide bonds. The molecule has 0 saturated heterocycles. The summed E-state index contributed by atoms with van der Waals surface area (Å²) < 4.78 is 11.1. The number of carbonyl (C=O) groups is 2. The summed E-state index contributed by atoms with van der Waals surface area (Å²) in [5, 5.41) is 2.01. The number of fused-ring (bicyclic) bond motifs is 1. The highest BCUT2D eigenvalue weighted by Crippen LogP contribution is 2.25. The number of carbonyl (C=O) groups excluding carboxylic acids is 2. The fourth-order valence-electron chi connectivity index (χ4n) is 2.49. The van der Waals surface area contributed by atoms with Crippen molar-refractivity contribution in [2.75, 3.05) is 13.2 Å². The van der Waals surface area contributed by atoms with Gasteiger partial charge in [0.15, 0.2) is 5.78 Å². The van der Waals surface area contributed by atoms with E-state index in [1.54, 1.807) is 20.8 Å². The van der Waals surface area contributed by atoms with Gasteiger partial charge in [-0.25, -0.2) is 4.79 Å². The van der Waals surface area contributed by atoms with Gasteiger partial charge in [0.05, 0.1) is 6.54 Å². The zero-order valence-corrected chi connectivity index (χ0v) is 16.1. The minimum absolute atomic E-state index is 0.0443. The van der Waals surface area contributed by atoms with Crippen LogP contribution in [-0.4, -0.2) is 41.6 Å². The fourth-order valence-corrected chi connectivity index (χ4v) is 2.49. The number of benzene rings is 2. The molecule has 140 valence electrons. The summed E-state index contributed by atoms with van der Waals surface area (Å²) in [5.41, 5.74) is -0.604. The Hall–Kier alpha value is -2.56. The average molecular weight is 357 g/mol. The van der Waals surface area contributed by atoms with E-state index in [-0.39, 0.29) is 25.0 Å². The number of rotatable bonds is 6. The van der Waals surface area contributed by atoms with Gasteiger partial charge >= 0.3 is 6.09 Å². The molecule has 0 N–H and O–H groups in total. The van der Waals surface area contributed by atoms with Crippen molar-refractivity contribution in [2.45, 2.75) is 46.3 Å². The van der Waals surface area contributed by atoms with Gasteiger partial charge < -0.3 is 9.47 Å².